The maximum Gasteiger partial charge on any atom is 0.255 e. The number of aryl methyl sites for hydroxylation is 2. The van der Waals surface area contributed by atoms with Crippen LogP contribution in [0, 0.1) is 13.8 Å². The fraction of sp³-hybridized carbons (Fsp3) is 0.250. The molecule has 0 aliphatic rings. The van der Waals surface area contributed by atoms with Gasteiger partial charge in [0.2, 0.25) is 0 Å². The molecule has 0 saturated carbocycles. The summed E-state index contributed by atoms with van der Waals surface area (Å²) in [6.45, 7) is 11.7. The number of hydrogen-bond acceptors (Lipinski definition) is 6. The molecule has 6 rings (SSSR count). The van der Waals surface area contributed by atoms with E-state index in [9.17, 15) is 9.59 Å². The summed E-state index contributed by atoms with van der Waals surface area (Å²) in [5.74, 6) is 2.02. The van der Waals surface area contributed by atoms with Gasteiger partial charge in [-0.3, -0.25) is 14.2 Å². The first kappa shape index (κ1) is 30.7. The Morgan fingerprint density at radius 1 is 0.848 bits per heavy atom. The normalized spacial score (nSPS) is 11.4. The fourth-order valence-electron chi connectivity index (χ4n) is 5.72. The second kappa shape index (κ2) is 13.3. The number of nitrogens with zero attached hydrogens (tertiary/aromatic N) is 5. The molecule has 3 N–H and O–H groups in total. The molecule has 0 bridgehead atoms. The van der Waals surface area contributed by atoms with E-state index in [2.05, 4.69) is 39.3 Å². The standard InChI is InChI=1S/C36H38N8O2/c1-5-43(6-2)18-8-17-37-35(45)26-12-15-33-32(21-26)41-24(4)44(33)34-16-13-28(22-38-34)25-9-7-10-29(19-25)42-36(46)27-11-14-30-31(20-27)40-23(3)39-30/h7,9-16,19-22H,5-6,8,17-18H2,1-4H3,(H,37,45)(H,39,40)(H,42,46). The van der Waals surface area contributed by atoms with Crippen molar-refractivity contribution in [2.24, 2.45) is 0 Å². The Hall–Kier alpha value is -5.35. The van der Waals surface area contributed by atoms with Crippen molar-refractivity contribution in [3.05, 3.63) is 102 Å². The van der Waals surface area contributed by atoms with E-state index in [0.29, 0.717) is 23.4 Å². The number of aromatic amines is 1. The van der Waals surface area contributed by atoms with Crippen molar-refractivity contribution < 1.29 is 9.59 Å². The average Bonchev–Trinajstić information content (AvgIpc) is 3.61. The molecule has 46 heavy (non-hydrogen) atoms. The van der Waals surface area contributed by atoms with Gasteiger partial charge in [-0.2, -0.15) is 0 Å². The van der Waals surface area contributed by atoms with Crippen molar-refractivity contribution in [1.82, 2.24) is 34.7 Å². The molecular weight excluding hydrogens is 576 g/mol. The summed E-state index contributed by atoms with van der Waals surface area (Å²) in [5.41, 5.74) is 6.94. The summed E-state index contributed by atoms with van der Waals surface area (Å²) in [4.78, 5) is 45.2. The topological polar surface area (TPSA) is 121 Å². The van der Waals surface area contributed by atoms with Crippen molar-refractivity contribution in [3.63, 3.8) is 0 Å². The number of hydrogen-bond donors (Lipinski definition) is 3. The van der Waals surface area contributed by atoms with Crippen molar-refractivity contribution in [2.45, 2.75) is 34.1 Å². The van der Waals surface area contributed by atoms with Crippen LogP contribution in [0.5, 0.6) is 0 Å². The van der Waals surface area contributed by atoms with E-state index in [1.807, 2.05) is 91.3 Å². The van der Waals surface area contributed by atoms with Gasteiger partial charge in [0.15, 0.2) is 0 Å². The van der Waals surface area contributed by atoms with Crippen LogP contribution in [0.15, 0.2) is 79.0 Å². The quantitative estimate of drug-likeness (QED) is 0.147. The summed E-state index contributed by atoms with van der Waals surface area (Å²) in [5, 5.41) is 6.03. The van der Waals surface area contributed by atoms with E-state index in [1.165, 1.54) is 0 Å². The molecule has 0 aliphatic heterocycles. The van der Waals surface area contributed by atoms with Crippen molar-refractivity contribution in [2.75, 3.05) is 31.5 Å². The number of imidazole rings is 2. The maximum atomic E-state index is 13.0. The van der Waals surface area contributed by atoms with Gasteiger partial charge in [0.1, 0.15) is 17.5 Å². The SMILES string of the molecule is CCN(CC)CCCNC(=O)c1ccc2c(c1)nc(C)n2-c1ccc(-c2cccc(NC(=O)c3ccc4nc(C)[nH]c4c3)c2)cn1. The molecule has 3 aromatic carbocycles. The third kappa shape index (κ3) is 6.52. The average molecular weight is 615 g/mol. The van der Waals surface area contributed by atoms with Crippen LogP contribution < -0.4 is 10.6 Å². The molecule has 2 amide bonds. The number of pyridine rings is 1. The predicted octanol–water partition coefficient (Wildman–Crippen LogP) is 6.29. The summed E-state index contributed by atoms with van der Waals surface area (Å²) in [6, 6.07) is 22.7. The van der Waals surface area contributed by atoms with E-state index in [4.69, 9.17) is 9.97 Å². The lowest BCUT2D eigenvalue weighted by Crippen LogP contribution is -2.29. The first-order valence-corrected chi connectivity index (χ1v) is 15.7. The predicted molar refractivity (Wildman–Crippen MR) is 183 cm³/mol. The monoisotopic (exact) mass is 614 g/mol. The minimum absolute atomic E-state index is 0.0940. The van der Waals surface area contributed by atoms with Crippen LogP contribution in [-0.2, 0) is 0 Å². The highest BCUT2D eigenvalue weighted by Crippen LogP contribution is 2.26. The molecule has 234 valence electrons. The van der Waals surface area contributed by atoms with Crippen LogP contribution in [0.4, 0.5) is 5.69 Å². The van der Waals surface area contributed by atoms with Crippen molar-refractivity contribution >= 4 is 39.6 Å². The van der Waals surface area contributed by atoms with Gasteiger partial charge in [-0.15, -0.1) is 0 Å². The zero-order chi connectivity index (χ0) is 32.2. The molecule has 0 radical (unpaired) electrons. The van der Waals surface area contributed by atoms with Crippen LogP contribution >= 0.6 is 0 Å². The molecule has 3 heterocycles. The number of carbonyl (C=O) groups is 2. The Labute approximate surface area is 267 Å². The molecule has 0 fully saturated rings. The van der Waals surface area contributed by atoms with Crippen molar-refractivity contribution in [1.29, 1.82) is 0 Å². The molecule has 0 unspecified atom stereocenters. The Morgan fingerprint density at radius 3 is 2.43 bits per heavy atom. The molecule has 0 saturated heterocycles. The fourth-order valence-corrected chi connectivity index (χ4v) is 5.72. The van der Waals surface area contributed by atoms with Gasteiger partial charge in [0.25, 0.3) is 11.8 Å². The maximum absolute atomic E-state index is 13.0. The number of rotatable bonds is 11. The Balaban J connectivity index is 1.14. The van der Waals surface area contributed by atoms with E-state index in [1.54, 1.807) is 6.07 Å². The lowest BCUT2D eigenvalue weighted by Gasteiger charge is -2.17. The van der Waals surface area contributed by atoms with Gasteiger partial charge in [-0.1, -0.05) is 26.0 Å². The highest BCUT2D eigenvalue weighted by molar-refractivity contribution is 6.06. The molecule has 6 aromatic rings. The highest BCUT2D eigenvalue weighted by atomic mass is 16.2. The number of amides is 2. The first-order chi connectivity index (χ1) is 22.3. The van der Waals surface area contributed by atoms with Crippen molar-refractivity contribution in [3.8, 4) is 16.9 Å². The minimum atomic E-state index is -0.196. The van der Waals surface area contributed by atoms with Crippen LogP contribution in [-0.4, -0.2) is 67.4 Å². The van der Waals surface area contributed by atoms with Crippen LogP contribution in [0.3, 0.4) is 0 Å². The van der Waals surface area contributed by atoms with E-state index >= 15 is 0 Å². The summed E-state index contributed by atoms with van der Waals surface area (Å²) in [6.07, 6.45) is 2.73. The number of fused-ring (bicyclic) bond motifs is 2. The Bertz CT molecular complexity index is 2020. The van der Waals surface area contributed by atoms with Gasteiger partial charge in [0.05, 0.1) is 22.1 Å². The lowest BCUT2D eigenvalue weighted by molar-refractivity contribution is 0.0951. The van der Waals surface area contributed by atoms with E-state index in [-0.39, 0.29) is 11.8 Å². The van der Waals surface area contributed by atoms with Crippen LogP contribution in [0.2, 0.25) is 0 Å². The number of benzene rings is 3. The van der Waals surface area contributed by atoms with E-state index < -0.39 is 0 Å². The highest BCUT2D eigenvalue weighted by Gasteiger charge is 2.15. The lowest BCUT2D eigenvalue weighted by atomic mass is 10.1. The smallest absolute Gasteiger partial charge is 0.255 e. The number of nitrogens with one attached hydrogen (secondary N) is 3. The summed E-state index contributed by atoms with van der Waals surface area (Å²) in [7, 11) is 0. The number of carbonyl (C=O) groups excluding carboxylic acids is 2. The molecular formula is C36H38N8O2. The molecule has 10 heteroatoms. The van der Waals surface area contributed by atoms with Gasteiger partial charge < -0.3 is 20.5 Å². The first-order valence-electron chi connectivity index (χ1n) is 15.7. The second-order valence-corrected chi connectivity index (χ2v) is 11.3. The van der Waals surface area contributed by atoms with Gasteiger partial charge >= 0.3 is 0 Å². The van der Waals surface area contributed by atoms with E-state index in [0.717, 1.165) is 76.7 Å². The zero-order valence-electron chi connectivity index (χ0n) is 26.6. The molecule has 3 aromatic heterocycles. The summed E-state index contributed by atoms with van der Waals surface area (Å²) < 4.78 is 1.99. The third-order valence-corrected chi connectivity index (χ3v) is 8.21. The molecule has 0 spiro atoms. The summed E-state index contributed by atoms with van der Waals surface area (Å²) >= 11 is 0. The number of anilines is 1. The van der Waals surface area contributed by atoms with Gasteiger partial charge in [-0.05, 0) is 106 Å². The molecule has 10 nitrogen and oxygen atoms in total. The Morgan fingerprint density at radius 2 is 1.65 bits per heavy atom. The number of aromatic nitrogens is 5. The molecule has 0 atom stereocenters. The van der Waals surface area contributed by atoms with Gasteiger partial charge in [-0.25, -0.2) is 15.0 Å². The second-order valence-electron chi connectivity index (χ2n) is 11.3. The molecule has 0 aliphatic carbocycles. The largest absolute Gasteiger partial charge is 0.352 e. The van der Waals surface area contributed by atoms with Crippen LogP contribution in [0.25, 0.3) is 39.0 Å². The van der Waals surface area contributed by atoms with Crippen LogP contribution in [0.1, 0.15) is 52.6 Å². The minimum Gasteiger partial charge on any atom is -0.352 e. The zero-order valence-corrected chi connectivity index (χ0v) is 26.6. The Kier molecular flexibility index (Phi) is 8.89. The van der Waals surface area contributed by atoms with Gasteiger partial charge in [0, 0.05) is 35.1 Å². The third-order valence-electron chi connectivity index (χ3n) is 8.21. The number of H-pyrrole nitrogens is 1.